The normalized spacial score (nSPS) is 9.83. The van der Waals surface area contributed by atoms with Gasteiger partial charge < -0.3 is 16.2 Å². The van der Waals surface area contributed by atoms with Crippen molar-refractivity contribution in [2.45, 2.75) is 6.42 Å². The number of hydrogen-bond acceptors (Lipinski definition) is 4. The summed E-state index contributed by atoms with van der Waals surface area (Å²) in [6, 6.07) is 7.14. The maximum absolute atomic E-state index is 11.6. The lowest BCUT2D eigenvalue weighted by Crippen LogP contribution is -2.14. The average Bonchev–Trinajstić information content (AvgIpc) is 2.25. The number of aromatic amines is 2. The van der Waals surface area contributed by atoms with Crippen LogP contribution in [0.15, 0.2) is 29.1 Å². The van der Waals surface area contributed by atoms with Gasteiger partial charge in [0, 0.05) is 11.4 Å². The lowest BCUT2D eigenvalue weighted by atomic mass is 10.1. The monoisotopic (exact) mass is 285 g/mol. The molecule has 1 aromatic carbocycles. The highest BCUT2D eigenvalue weighted by Gasteiger charge is 2.10. The molecule has 6 N–H and O–H groups in total. The molecule has 0 aliphatic rings. The van der Waals surface area contributed by atoms with Crippen molar-refractivity contribution in [1.29, 1.82) is 0 Å². The van der Waals surface area contributed by atoms with Gasteiger partial charge in [0.15, 0.2) is 10.7 Å². The van der Waals surface area contributed by atoms with Crippen molar-refractivity contribution in [1.82, 2.24) is 16.1 Å². The molecule has 0 saturated carbocycles. The van der Waals surface area contributed by atoms with Crippen molar-refractivity contribution in [2.24, 2.45) is 0 Å². The molecule has 96 valence electrons. The molecule has 5 nitrogen and oxygen atoms in total. The third kappa shape index (κ3) is 2.98. The summed E-state index contributed by atoms with van der Waals surface area (Å²) in [5.41, 5.74) is 0.568. The maximum Gasteiger partial charge on any atom is 0.259 e. The molecule has 2 aromatic rings. The second-order valence-corrected chi connectivity index (χ2v) is 4.32. The first-order chi connectivity index (χ1) is 8.08. The van der Waals surface area contributed by atoms with Gasteiger partial charge in [-0.3, -0.25) is 9.78 Å². The smallest absolute Gasteiger partial charge is 0.259 e. The Bertz CT molecular complexity index is 666. The number of H-pyrrole nitrogens is 2. The van der Waals surface area contributed by atoms with Crippen LogP contribution in [-0.4, -0.2) is 15.1 Å². The van der Waals surface area contributed by atoms with Crippen LogP contribution in [0.2, 0.25) is 5.02 Å². The molecular formula is C11H12ClN3O2S. The van der Waals surface area contributed by atoms with Crippen LogP contribution in [-0.2, 0) is 6.42 Å². The van der Waals surface area contributed by atoms with Crippen LogP contribution in [0.4, 0.5) is 0 Å². The first-order valence-corrected chi connectivity index (χ1v) is 5.64. The second-order valence-electron chi connectivity index (χ2n) is 3.50. The zero-order valence-corrected chi connectivity index (χ0v) is 10.9. The predicted octanol–water partition coefficient (Wildman–Crippen LogP) is 2.54. The van der Waals surface area contributed by atoms with Crippen molar-refractivity contribution in [2.75, 3.05) is 0 Å². The summed E-state index contributed by atoms with van der Waals surface area (Å²) in [5.74, 6) is -0.223. The highest BCUT2D eigenvalue weighted by molar-refractivity contribution is 7.71. The van der Waals surface area contributed by atoms with Gasteiger partial charge in [-0.2, -0.15) is 0 Å². The van der Waals surface area contributed by atoms with Gasteiger partial charge in [0.2, 0.25) is 0 Å². The lowest BCUT2D eigenvalue weighted by molar-refractivity contribution is 0.443. The van der Waals surface area contributed by atoms with Crippen LogP contribution < -0.4 is 11.7 Å². The minimum absolute atomic E-state index is 0. The fraction of sp³-hybridized carbons (Fsp3) is 0.0909. The number of nitrogens with one attached hydrogen (secondary N) is 2. The lowest BCUT2D eigenvalue weighted by Gasteiger charge is -2.05. The van der Waals surface area contributed by atoms with Crippen molar-refractivity contribution < 1.29 is 5.11 Å². The van der Waals surface area contributed by atoms with E-state index in [0.717, 1.165) is 5.56 Å². The van der Waals surface area contributed by atoms with Crippen molar-refractivity contribution >= 4 is 23.8 Å². The van der Waals surface area contributed by atoms with E-state index in [1.807, 2.05) is 6.07 Å². The molecule has 18 heavy (non-hydrogen) atoms. The Balaban J connectivity index is 0.00000162. The number of hydrogen-bond donors (Lipinski definition) is 4. The van der Waals surface area contributed by atoms with E-state index in [-0.39, 0.29) is 28.8 Å². The average molecular weight is 286 g/mol. The van der Waals surface area contributed by atoms with Crippen molar-refractivity contribution in [3.05, 3.63) is 55.5 Å². The molecule has 0 aliphatic carbocycles. The van der Waals surface area contributed by atoms with Gasteiger partial charge in [-0.25, -0.2) is 0 Å². The molecule has 0 aliphatic heterocycles. The van der Waals surface area contributed by atoms with E-state index in [0.29, 0.717) is 5.02 Å². The topological polar surface area (TPSA) is 104 Å². The molecular weight excluding hydrogens is 274 g/mol. The standard InChI is InChI=1S/C11H9ClN2O2S.H3N/c12-8-4-2-1-3-6(8)5-7-9(15)13-11(17)14-10(7)16;/h1-4H,5H2,(H3,13,14,15,16,17);1H3. The number of aromatic hydroxyl groups is 1. The number of benzene rings is 1. The molecule has 0 bridgehead atoms. The van der Waals surface area contributed by atoms with Crippen LogP contribution in [0.5, 0.6) is 5.88 Å². The second kappa shape index (κ2) is 5.81. The molecule has 0 amide bonds. The van der Waals surface area contributed by atoms with E-state index >= 15 is 0 Å². The zero-order valence-electron chi connectivity index (χ0n) is 9.37. The van der Waals surface area contributed by atoms with Gasteiger partial charge >= 0.3 is 0 Å². The molecule has 0 atom stereocenters. The van der Waals surface area contributed by atoms with Crippen molar-refractivity contribution in [3.63, 3.8) is 0 Å². The van der Waals surface area contributed by atoms with Crippen LogP contribution in [0.25, 0.3) is 0 Å². The quantitative estimate of drug-likeness (QED) is 0.637. The summed E-state index contributed by atoms with van der Waals surface area (Å²) < 4.78 is 0.0930. The van der Waals surface area contributed by atoms with Crippen LogP contribution in [0.3, 0.4) is 0 Å². The summed E-state index contributed by atoms with van der Waals surface area (Å²) in [4.78, 5) is 16.5. The van der Waals surface area contributed by atoms with Gasteiger partial charge in [-0.05, 0) is 23.8 Å². The van der Waals surface area contributed by atoms with Crippen LogP contribution in [0, 0.1) is 4.77 Å². The van der Waals surface area contributed by atoms with E-state index in [4.69, 9.17) is 23.8 Å². The third-order valence-corrected chi connectivity index (χ3v) is 2.92. The van der Waals surface area contributed by atoms with Crippen LogP contribution in [0.1, 0.15) is 11.1 Å². The molecule has 2 rings (SSSR count). The van der Waals surface area contributed by atoms with Crippen LogP contribution >= 0.6 is 23.8 Å². The Hall–Kier alpha value is -1.63. The van der Waals surface area contributed by atoms with Gasteiger partial charge in [0.1, 0.15) is 0 Å². The molecule has 7 heteroatoms. The van der Waals surface area contributed by atoms with E-state index < -0.39 is 5.56 Å². The molecule has 0 unspecified atom stereocenters. The molecule has 0 fully saturated rings. The fourth-order valence-electron chi connectivity index (χ4n) is 1.50. The van der Waals surface area contributed by atoms with Crippen molar-refractivity contribution in [3.8, 4) is 5.88 Å². The zero-order chi connectivity index (χ0) is 12.4. The Morgan fingerprint density at radius 1 is 1.28 bits per heavy atom. The van der Waals surface area contributed by atoms with E-state index in [1.54, 1.807) is 18.2 Å². The molecule has 0 saturated heterocycles. The summed E-state index contributed by atoms with van der Waals surface area (Å²) in [6.45, 7) is 0. The molecule has 0 spiro atoms. The Morgan fingerprint density at radius 2 is 1.94 bits per heavy atom. The van der Waals surface area contributed by atoms with Gasteiger partial charge in [0.25, 0.3) is 5.56 Å². The maximum atomic E-state index is 11.6. The summed E-state index contributed by atoms with van der Waals surface area (Å²) in [7, 11) is 0. The Morgan fingerprint density at radius 3 is 2.56 bits per heavy atom. The molecule has 1 heterocycles. The number of rotatable bonds is 2. The van der Waals surface area contributed by atoms with Gasteiger partial charge in [0.05, 0.1) is 5.56 Å². The summed E-state index contributed by atoms with van der Waals surface area (Å²) in [5, 5.41) is 10.2. The first-order valence-electron chi connectivity index (χ1n) is 4.86. The van der Waals surface area contributed by atoms with E-state index in [1.165, 1.54) is 0 Å². The molecule has 0 radical (unpaired) electrons. The SMILES string of the molecule is N.O=c1[nH]c(=S)[nH]c(O)c1Cc1ccccc1Cl. The first kappa shape index (κ1) is 14.4. The molecule has 1 aromatic heterocycles. The largest absolute Gasteiger partial charge is 0.494 e. The highest BCUT2D eigenvalue weighted by atomic mass is 35.5. The number of aromatic nitrogens is 2. The Labute approximate surface area is 113 Å². The predicted molar refractivity (Wildman–Crippen MR) is 73.2 cm³/mol. The van der Waals surface area contributed by atoms with Gasteiger partial charge in [-0.1, -0.05) is 29.8 Å². The minimum atomic E-state index is -0.411. The van der Waals surface area contributed by atoms with E-state index in [9.17, 15) is 9.90 Å². The highest BCUT2D eigenvalue weighted by Crippen LogP contribution is 2.20. The summed E-state index contributed by atoms with van der Waals surface area (Å²) in [6.07, 6.45) is 0.243. The Kier molecular flexibility index (Phi) is 4.66. The summed E-state index contributed by atoms with van der Waals surface area (Å²) >= 11 is 10.7. The van der Waals surface area contributed by atoms with E-state index in [2.05, 4.69) is 9.97 Å². The minimum Gasteiger partial charge on any atom is -0.494 e. The number of halogens is 1. The van der Waals surface area contributed by atoms with Gasteiger partial charge in [-0.15, -0.1) is 0 Å². The third-order valence-electron chi connectivity index (χ3n) is 2.34. The fourth-order valence-corrected chi connectivity index (χ4v) is 1.89.